The van der Waals surface area contributed by atoms with Crippen molar-refractivity contribution in [3.8, 4) is 0 Å². The molecular weight excluding hydrogens is 475 g/mol. The van der Waals surface area contributed by atoms with E-state index in [1.807, 2.05) is 11.8 Å². The van der Waals surface area contributed by atoms with E-state index in [9.17, 15) is 0 Å². The van der Waals surface area contributed by atoms with E-state index in [1.54, 1.807) is 0 Å². The number of benzene rings is 3. The summed E-state index contributed by atoms with van der Waals surface area (Å²) in [7, 11) is 2.16. The van der Waals surface area contributed by atoms with Gasteiger partial charge in [0.1, 0.15) is 5.37 Å². The highest BCUT2D eigenvalue weighted by Crippen LogP contribution is 2.47. The summed E-state index contributed by atoms with van der Waals surface area (Å²) in [4.78, 5) is 3.66. The van der Waals surface area contributed by atoms with Gasteiger partial charge in [-0.3, -0.25) is 0 Å². The van der Waals surface area contributed by atoms with Crippen LogP contribution < -0.4 is 4.90 Å². The van der Waals surface area contributed by atoms with Crippen LogP contribution in [-0.2, 0) is 6.54 Å². The molecule has 0 spiro atoms. The van der Waals surface area contributed by atoms with E-state index in [0.717, 1.165) is 12.1 Å². The van der Waals surface area contributed by atoms with Gasteiger partial charge in [0.15, 0.2) is 0 Å². The van der Waals surface area contributed by atoms with Crippen molar-refractivity contribution in [3.05, 3.63) is 78.9 Å². The minimum absolute atomic E-state index is 0. The number of hydrogen-bond donors (Lipinski definition) is 0. The van der Waals surface area contributed by atoms with Gasteiger partial charge in [0, 0.05) is 40.3 Å². The molecule has 0 N–H and O–H groups in total. The van der Waals surface area contributed by atoms with E-state index < -0.39 is 0 Å². The molecule has 4 aromatic rings. The molecule has 1 aliphatic heterocycles. The SMILES string of the molecule is C=C(c1ccc2c(c1)c1ccccc1n2CC)C1Sc2ccccc2N1C.I. The topological polar surface area (TPSA) is 8.17 Å². The Kier molecular flexibility index (Phi) is 5.19. The van der Waals surface area contributed by atoms with E-state index >= 15 is 0 Å². The van der Waals surface area contributed by atoms with Crippen molar-refractivity contribution in [1.82, 2.24) is 4.57 Å². The van der Waals surface area contributed by atoms with Crippen LogP contribution in [-0.4, -0.2) is 17.0 Å². The van der Waals surface area contributed by atoms with E-state index in [1.165, 1.54) is 38.0 Å². The van der Waals surface area contributed by atoms with Crippen LogP contribution in [0.3, 0.4) is 0 Å². The standard InChI is InChI=1S/C24H22N2S.HI/c1-4-26-20-10-6-5-9-18(20)19-15-17(13-14-21(19)26)16(2)24-25(3)22-11-7-8-12-23(22)27-24;/h5-15,24H,2,4H2,1,3H3;1H. The normalized spacial score (nSPS) is 15.6. The van der Waals surface area contributed by atoms with Crippen molar-refractivity contribution in [2.45, 2.75) is 23.7 Å². The molecule has 28 heavy (non-hydrogen) atoms. The number of aromatic nitrogens is 1. The zero-order valence-electron chi connectivity index (χ0n) is 16.1. The van der Waals surface area contributed by atoms with Gasteiger partial charge in [-0.05, 0) is 48.4 Å². The summed E-state index contributed by atoms with van der Waals surface area (Å²) in [5.74, 6) is 0. The molecule has 3 aromatic carbocycles. The Morgan fingerprint density at radius 2 is 1.68 bits per heavy atom. The molecule has 1 unspecified atom stereocenters. The van der Waals surface area contributed by atoms with Crippen LogP contribution in [0.25, 0.3) is 27.4 Å². The number of thioether (sulfide) groups is 1. The second-order valence-electron chi connectivity index (χ2n) is 7.07. The number of para-hydroxylation sites is 2. The largest absolute Gasteiger partial charge is 0.357 e. The van der Waals surface area contributed by atoms with Crippen LogP contribution in [0, 0.1) is 0 Å². The van der Waals surface area contributed by atoms with Crippen molar-refractivity contribution in [2.75, 3.05) is 11.9 Å². The average Bonchev–Trinajstić information content (AvgIpc) is 3.22. The Morgan fingerprint density at radius 1 is 0.964 bits per heavy atom. The van der Waals surface area contributed by atoms with E-state index in [2.05, 4.69) is 96.7 Å². The molecule has 2 nitrogen and oxygen atoms in total. The van der Waals surface area contributed by atoms with Crippen LogP contribution in [0.1, 0.15) is 12.5 Å². The fourth-order valence-corrected chi connectivity index (χ4v) is 5.50. The van der Waals surface area contributed by atoms with Crippen LogP contribution in [0.4, 0.5) is 5.69 Å². The summed E-state index contributed by atoms with van der Waals surface area (Å²) in [6.45, 7) is 7.67. The van der Waals surface area contributed by atoms with Crippen LogP contribution in [0.5, 0.6) is 0 Å². The van der Waals surface area contributed by atoms with Gasteiger partial charge in [-0.2, -0.15) is 0 Å². The molecule has 2 heterocycles. The molecule has 1 aliphatic rings. The van der Waals surface area contributed by atoms with Crippen molar-refractivity contribution < 1.29 is 0 Å². The Labute approximate surface area is 187 Å². The molecule has 5 rings (SSSR count). The zero-order valence-corrected chi connectivity index (χ0v) is 19.2. The summed E-state index contributed by atoms with van der Waals surface area (Å²) in [5.41, 5.74) is 6.27. The van der Waals surface area contributed by atoms with Gasteiger partial charge < -0.3 is 9.47 Å². The predicted octanol–water partition coefficient (Wildman–Crippen LogP) is 7.01. The third-order valence-electron chi connectivity index (χ3n) is 5.59. The zero-order chi connectivity index (χ0) is 18.5. The minimum Gasteiger partial charge on any atom is -0.357 e. The smallest absolute Gasteiger partial charge is 0.105 e. The molecular formula is C24H23IN2S. The summed E-state index contributed by atoms with van der Waals surface area (Å²) >= 11 is 1.89. The van der Waals surface area contributed by atoms with Gasteiger partial charge >= 0.3 is 0 Å². The maximum atomic E-state index is 4.48. The van der Waals surface area contributed by atoms with Gasteiger partial charge in [0.2, 0.25) is 0 Å². The third-order valence-corrected chi connectivity index (χ3v) is 7.02. The number of halogens is 1. The summed E-state index contributed by atoms with van der Waals surface area (Å²) < 4.78 is 2.39. The van der Waals surface area contributed by atoms with Crippen molar-refractivity contribution in [2.24, 2.45) is 0 Å². The van der Waals surface area contributed by atoms with Gasteiger partial charge in [-0.25, -0.2) is 0 Å². The van der Waals surface area contributed by atoms with Gasteiger partial charge in [0.05, 0.1) is 5.69 Å². The van der Waals surface area contributed by atoms with Crippen molar-refractivity contribution >= 4 is 68.8 Å². The highest BCUT2D eigenvalue weighted by Gasteiger charge is 2.29. The Morgan fingerprint density at radius 3 is 2.46 bits per heavy atom. The molecule has 0 saturated carbocycles. The third kappa shape index (κ3) is 2.85. The number of aryl methyl sites for hydroxylation is 1. The summed E-state index contributed by atoms with van der Waals surface area (Å²) in [5, 5.41) is 2.87. The fraction of sp³-hybridized carbons (Fsp3) is 0.167. The Hall–Kier alpha value is -1.92. The Bertz CT molecular complexity index is 1190. The van der Waals surface area contributed by atoms with Gasteiger partial charge in [-0.15, -0.1) is 24.0 Å². The van der Waals surface area contributed by atoms with Gasteiger partial charge in [-0.1, -0.05) is 54.7 Å². The highest BCUT2D eigenvalue weighted by molar-refractivity contribution is 14.0. The molecule has 4 heteroatoms. The van der Waals surface area contributed by atoms with Crippen molar-refractivity contribution in [3.63, 3.8) is 0 Å². The van der Waals surface area contributed by atoms with E-state index in [-0.39, 0.29) is 29.4 Å². The first-order valence-corrected chi connectivity index (χ1v) is 10.3. The second kappa shape index (κ2) is 7.48. The van der Waals surface area contributed by atoms with Crippen LogP contribution >= 0.6 is 35.7 Å². The number of fused-ring (bicyclic) bond motifs is 4. The predicted molar refractivity (Wildman–Crippen MR) is 134 cm³/mol. The lowest BCUT2D eigenvalue weighted by Crippen LogP contribution is -2.25. The Balaban J connectivity index is 0.00000192. The van der Waals surface area contributed by atoms with E-state index in [4.69, 9.17) is 0 Å². The number of rotatable bonds is 3. The van der Waals surface area contributed by atoms with Crippen LogP contribution in [0.2, 0.25) is 0 Å². The minimum atomic E-state index is 0. The molecule has 0 amide bonds. The monoisotopic (exact) mass is 498 g/mol. The molecule has 142 valence electrons. The van der Waals surface area contributed by atoms with Crippen LogP contribution in [0.15, 0.2) is 78.2 Å². The highest BCUT2D eigenvalue weighted by atomic mass is 127. The maximum Gasteiger partial charge on any atom is 0.105 e. The first kappa shape index (κ1) is 19.4. The lowest BCUT2D eigenvalue weighted by Gasteiger charge is -2.24. The first-order valence-electron chi connectivity index (χ1n) is 9.37. The van der Waals surface area contributed by atoms with E-state index in [0.29, 0.717) is 0 Å². The fourth-order valence-electron chi connectivity index (χ4n) is 4.22. The second-order valence-corrected chi connectivity index (χ2v) is 8.19. The molecule has 0 radical (unpaired) electrons. The van der Waals surface area contributed by atoms with Gasteiger partial charge in [0.25, 0.3) is 0 Å². The number of likely N-dealkylation sites (N-methyl/N-ethyl adjacent to an activating group) is 1. The molecule has 1 atom stereocenters. The number of hydrogen-bond acceptors (Lipinski definition) is 2. The molecule has 0 fully saturated rings. The maximum absolute atomic E-state index is 4.48. The lowest BCUT2D eigenvalue weighted by molar-refractivity contribution is 0.827. The summed E-state index contributed by atoms with van der Waals surface area (Å²) in [6, 6.07) is 24.1. The number of anilines is 1. The molecule has 0 bridgehead atoms. The number of nitrogens with zero attached hydrogens (tertiary/aromatic N) is 2. The molecule has 1 aromatic heterocycles. The average molecular weight is 498 g/mol. The quantitative estimate of drug-likeness (QED) is 0.281. The molecule has 0 aliphatic carbocycles. The molecule has 0 saturated heterocycles. The first-order chi connectivity index (χ1) is 13.2. The lowest BCUT2D eigenvalue weighted by atomic mass is 10.0. The summed E-state index contributed by atoms with van der Waals surface area (Å²) in [6.07, 6.45) is 0. The van der Waals surface area contributed by atoms with Crippen molar-refractivity contribution in [1.29, 1.82) is 0 Å².